The molecule has 0 spiro atoms. The number of thiazole rings is 1. The molecule has 2 aromatic heterocycles. The van der Waals surface area contributed by atoms with Crippen molar-refractivity contribution < 1.29 is 23.8 Å². The summed E-state index contributed by atoms with van der Waals surface area (Å²) in [6.07, 6.45) is 1.44. The predicted molar refractivity (Wildman–Crippen MR) is 115 cm³/mol. The number of non-ortho nitro benzene ring substituents is 2. The summed E-state index contributed by atoms with van der Waals surface area (Å²) in [5.41, 5.74) is -0.745. The first kappa shape index (κ1) is 20.9. The van der Waals surface area contributed by atoms with Gasteiger partial charge in [-0.05, 0) is 24.3 Å². The molecule has 2 aromatic carbocycles. The number of nitrogens with zero attached hydrogens (tertiary/aromatic N) is 4. The molecule has 0 N–H and O–H groups in total. The zero-order valence-electron chi connectivity index (χ0n) is 16.5. The van der Waals surface area contributed by atoms with Crippen molar-refractivity contribution in [1.29, 1.82) is 0 Å². The summed E-state index contributed by atoms with van der Waals surface area (Å²) < 4.78 is 11.3. The molecular weight excluding hydrogens is 440 g/mol. The van der Waals surface area contributed by atoms with E-state index in [1.54, 1.807) is 30.3 Å². The molecule has 4 rings (SSSR count). The normalized spacial score (nSPS) is 10.8. The van der Waals surface area contributed by atoms with Crippen LogP contribution >= 0.6 is 11.3 Å². The number of aromatic nitrogens is 1. The lowest BCUT2D eigenvalue weighted by molar-refractivity contribution is -0.394. The van der Waals surface area contributed by atoms with Crippen LogP contribution in [0.3, 0.4) is 0 Å². The lowest BCUT2D eigenvalue weighted by atomic mass is 10.1. The maximum absolute atomic E-state index is 13.4. The molecule has 2 heterocycles. The molecular formula is C20H14N4O7S. The quantitative estimate of drug-likeness (QED) is 0.292. The molecule has 0 aliphatic carbocycles. The second-order valence-corrected chi connectivity index (χ2v) is 7.56. The molecule has 1 amide bonds. The minimum Gasteiger partial charge on any atom is -0.497 e. The average Bonchev–Trinajstić information content (AvgIpc) is 3.45. The molecule has 12 heteroatoms. The Morgan fingerprint density at radius 1 is 1.12 bits per heavy atom. The number of furan rings is 1. The zero-order valence-corrected chi connectivity index (χ0v) is 17.3. The van der Waals surface area contributed by atoms with E-state index in [-0.39, 0.29) is 12.1 Å². The van der Waals surface area contributed by atoms with Crippen LogP contribution in [0.25, 0.3) is 10.2 Å². The van der Waals surface area contributed by atoms with Crippen LogP contribution in [0, 0.1) is 20.2 Å². The van der Waals surface area contributed by atoms with E-state index in [0.29, 0.717) is 22.2 Å². The first-order valence-electron chi connectivity index (χ1n) is 9.08. The van der Waals surface area contributed by atoms with Gasteiger partial charge >= 0.3 is 0 Å². The first-order valence-corrected chi connectivity index (χ1v) is 9.90. The van der Waals surface area contributed by atoms with Crippen LogP contribution in [-0.4, -0.2) is 27.8 Å². The lowest BCUT2D eigenvalue weighted by Crippen LogP contribution is -2.30. The minimum atomic E-state index is -0.787. The molecule has 0 atom stereocenters. The molecule has 0 radical (unpaired) electrons. The Kier molecular flexibility index (Phi) is 5.52. The third-order valence-electron chi connectivity index (χ3n) is 4.52. The Labute approximate surface area is 183 Å². The number of hydrogen-bond donors (Lipinski definition) is 0. The summed E-state index contributed by atoms with van der Waals surface area (Å²) in [6, 6.07) is 11.4. The fraction of sp³-hybridized carbons (Fsp3) is 0.100. The van der Waals surface area contributed by atoms with Gasteiger partial charge in [-0.15, -0.1) is 0 Å². The number of ether oxygens (including phenoxy) is 1. The number of hydrogen-bond acceptors (Lipinski definition) is 9. The minimum absolute atomic E-state index is 0.0285. The Balaban J connectivity index is 1.81. The Morgan fingerprint density at radius 3 is 2.44 bits per heavy atom. The standard InChI is InChI=1S/C20H14N4O7S/c1-30-15-4-5-18-17(10-15)21-20(32-18)22(11-16-3-2-6-31-16)19(25)12-7-13(23(26)27)9-14(8-12)24(28)29/h2-10H,11H2,1H3. The highest BCUT2D eigenvalue weighted by Crippen LogP contribution is 2.33. The number of methoxy groups -OCH3 is 1. The number of amides is 1. The number of anilines is 1. The molecule has 32 heavy (non-hydrogen) atoms. The van der Waals surface area contributed by atoms with Crippen molar-refractivity contribution in [2.24, 2.45) is 0 Å². The van der Waals surface area contributed by atoms with Gasteiger partial charge in [0, 0.05) is 18.2 Å². The van der Waals surface area contributed by atoms with Crippen LogP contribution in [0.5, 0.6) is 5.75 Å². The highest BCUT2D eigenvalue weighted by atomic mass is 32.1. The molecule has 0 fully saturated rings. The smallest absolute Gasteiger partial charge is 0.277 e. The average molecular weight is 454 g/mol. The van der Waals surface area contributed by atoms with Crippen molar-refractivity contribution in [2.45, 2.75) is 6.54 Å². The van der Waals surface area contributed by atoms with Gasteiger partial charge in [-0.25, -0.2) is 4.98 Å². The maximum atomic E-state index is 13.4. The van der Waals surface area contributed by atoms with Gasteiger partial charge in [0.2, 0.25) is 0 Å². The summed E-state index contributed by atoms with van der Waals surface area (Å²) in [4.78, 5) is 40.1. The molecule has 0 aliphatic heterocycles. The first-order chi connectivity index (χ1) is 15.4. The van der Waals surface area contributed by atoms with Crippen molar-refractivity contribution in [3.8, 4) is 5.75 Å². The number of carbonyl (C=O) groups excluding carboxylic acids is 1. The van der Waals surface area contributed by atoms with Crippen LogP contribution in [0.1, 0.15) is 16.1 Å². The second kappa shape index (κ2) is 8.43. The molecule has 162 valence electrons. The molecule has 4 aromatic rings. The zero-order chi connectivity index (χ0) is 22.8. The van der Waals surface area contributed by atoms with Crippen molar-refractivity contribution >= 4 is 44.0 Å². The largest absolute Gasteiger partial charge is 0.497 e. The van der Waals surface area contributed by atoms with Crippen molar-refractivity contribution in [2.75, 3.05) is 12.0 Å². The third-order valence-corrected chi connectivity index (χ3v) is 5.58. The topological polar surface area (TPSA) is 142 Å². The van der Waals surface area contributed by atoms with Crippen LogP contribution in [-0.2, 0) is 6.54 Å². The number of nitro benzene ring substituents is 2. The molecule has 0 saturated carbocycles. The fourth-order valence-corrected chi connectivity index (χ4v) is 3.95. The highest BCUT2D eigenvalue weighted by molar-refractivity contribution is 7.22. The van der Waals surface area contributed by atoms with E-state index in [9.17, 15) is 25.0 Å². The van der Waals surface area contributed by atoms with E-state index in [2.05, 4.69) is 4.98 Å². The Morgan fingerprint density at radius 2 is 1.84 bits per heavy atom. The van der Waals surface area contributed by atoms with Gasteiger partial charge in [0.15, 0.2) is 5.13 Å². The lowest BCUT2D eigenvalue weighted by Gasteiger charge is -2.18. The van der Waals surface area contributed by atoms with Gasteiger partial charge in [-0.1, -0.05) is 11.3 Å². The monoisotopic (exact) mass is 454 g/mol. The van der Waals surface area contributed by atoms with Gasteiger partial charge in [-0.2, -0.15) is 0 Å². The molecule has 0 bridgehead atoms. The molecule has 0 saturated heterocycles. The molecule has 11 nitrogen and oxygen atoms in total. The van der Waals surface area contributed by atoms with E-state index < -0.39 is 27.1 Å². The van der Waals surface area contributed by atoms with Gasteiger partial charge in [0.25, 0.3) is 17.3 Å². The Bertz CT molecular complexity index is 1300. The van der Waals surface area contributed by atoms with E-state index >= 15 is 0 Å². The molecule has 0 unspecified atom stereocenters. The third kappa shape index (κ3) is 4.11. The number of nitro groups is 2. The van der Waals surface area contributed by atoms with Gasteiger partial charge in [0.1, 0.15) is 11.5 Å². The maximum Gasteiger partial charge on any atom is 0.277 e. The number of fused-ring (bicyclic) bond motifs is 1. The van der Waals surface area contributed by atoms with Gasteiger partial charge in [-0.3, -0.25) is 29.9 Å². The SMILES string of the molecule is COc1ccc2sc(N(Cc3ccco3)C(=O)c3cc([N+](=O)[O-])cc([N+](=O)[O-])c3)nc2c1. The summed E-state index contributed by atoms with van der Waals surface area (Å²) in [5, 5.41) is 22.8. The predicted octanol–water partition coefficient (Wildman–Crippen LogP) is 4.56. The number of carbonyl (C=O) groups is 1. The van der Waals surface area contributed by atoms with E-state index in [1.807, 2.05) is 0 Å². The second-order valence-electron chi connectivity index (χ2n) is 6.55. The van der Waals surface area contributed by atoms with Crippen LogP contribution in [0.2, 0.25) is 0 Å². The van der Waals surface area contributed by atoms with Crippen LogP contribution < -0.4 is 9.64 Å². The van der Waals surface area contributed by atoms with Gasteiger partial charge < -0.3 is 9.15 Å². The molecule has 0 aliphatic rings. The highest BCUT2D eigenvalue weighted by Gasteiger charge is 2.27. The summed E-state index contributed by atoms with van der Waals surface area (Å²) >= 11 is 1.22. The van der Waals surface area contributed by atoms with Crippen LogP contribution in [0.4, 0.5) is 16.5 Å². The van der Waals surface area contributed by atoms with Crippen molar-refractivity contribution in [3.05, 3.63) is 86.3 Å². The van der Waals surface area contributed by atoms with Crippen molar-refractivity contribution in [3.63, 3.8) is 0 Å². The summed E-state index contributed by atoms with van der Waals surface area (Å²) in [6.45, 7) is -0.0285. The fourth-order valence-electron chi connectivity index (χ4n) is 3.01. The van der Waals surface area contributed by atoms with Gasteiger partial charge in [0.05, 0.1) is 51.6 Å². The summed E-state index contributed by atoms with van der Waals surface area (Å²) in [5.74, 6) is 0.335. The van der Waals surface area contributed by atoms with E-state index in [1.165, 1.54) is 29.6 Å². The number of rotatable bonds is 7. The summed E-state index contributed by atoms with van der Waals surface area (Å²) in [7, 11) is 1.52. The Hall–Kier alpha value is -4.32. The van der Waals surface area contributed by atoms with E-state index in [0.717, 1.165) is 22.9 Å². The number of benzene rings is 2. The van der Waals surface area contributed by atoms with E-state index in [4.69, 9.17) is 9.15 Å². The van der Waals surface area contributed by atoms with Crippen molar-refractivity contribution in [1.82, 2.24) is 4.98 Å². The van der Waals surface area contributed by atoms with Crippen LogP contribution in [0.15, 0.2) is 59.2 Å².